The first-order valence-corrected chi connectivity index (χ1v) is 8.41. The zero-order valence-corrected chi connectivity index (χ0v) is 12.3. The molecule has 1 aromatic carbocycles. The summed E-state index contributed by atoms with van der Waals surface area (Å²) in [6.07, 6.45) is 0. The van der Waals surface area contributed by atoms with Crippen LogP contribution in [0.1, 0.15) is 20.8 Å². The van der Waals surface area contributed by atoms with Crippen LogP contribution >= 0.6 is 22.4 Å². The summed E-state index contributed by atoms with van der Waals surface area (Å²) in [7, 11) is 1.61. The third-order valence-corrected chi connectivity index (χ3v) is 4.19. The van der Waals surface area contributed by atoms with Gasteiger partial charge >= 0.3 is 0 Å². The lowest BCUT2D eigenvalue weighted by Gasteiger charge is -2.10. The minimum Gasteiger partial charge on any atom is -0.492 e. The van der Waals surface area contributed by atoms with Crippen molar-refractivity contribution in [3.63, 3.8) is 0 Å². The highest BCUT2D eigenvalue weighted by atomic mass is 35.7. The predicted octanol–water partition coefficient (Wildman–Crippen LogP) is 3.51. The summed E-state index contributed by atoms with van der Waals surface area (Å²) >= 11 is 1.58. The fourth-order valence-corrected chi connectivity index (χ4v) is 3.25. The lowest BCUT2D eigenvalue weighted by atomic mass is 10.3. The van der Waals surface area contributed by atoms with Crippen LogP contribution in [-0.4, -0.2) is 20.3 Å². The number of ether oxygens (including phenoxy) is 1. The molecule has 0 atom stereocenters. The molecule has 0 aliphatic carbocycles. The van der Waals surface area contributed by atoms with Crippen LogP contribution in [0.5, 0.6) is 5.75 Å². The number of hydrogen-bond donors (Lipinski definition) is 0. The van der Waals surface area contributed by atoms with Crippen LogP contribution in [-0.2, 0) is 9.05 Å². The molecule has 0 fully saturated rings. The molecule has 0 aromatic heterocycles. The summed E-state index contributed by atoms with van der Waals surface area (Å²) in [4.78, 5) is 0.898. The molecule has 96 valence electrons. The molecule has 0 radical (unpaired) electrons. The van der Waals surface area contributed by atoms with Gasteiger partial charge in [0.25, 0.3) is 9.05 Å². The quantitative estimate of drug-likeness (QED) is 0.616. The molecule has 0 spiro atoms. The number of hydrogen-bond acceptors (Lipinski definition) is 4. The maximum absolute atomic E-state index is 11.4. The Morgan fingerprint density at radius 2 is 2.06 bits per heavy atom. The predicted molar refractivity (Wildman–Crippen MR) is 71.6 cm³/mol. The van der Waals surface area contributed by atoms with Crippen molar-refractivity contribution >= 4 is 31.5 Å². The lowest BCUT2D eigenvalue weighted by molar-refractivity contribution is 0.331. The van der Waals surface area contributed by atoms with E-state index in [2.05, 4.69) is 0 Å². The fourth-order valence-electron chi connectivity index (χ4n) is 1.30. The maximum atomic E-state index is 11.4. The van der Waals surface area contributed by atoms with Crippen molar-refractivity contribution in [2.75, 3.05) is 6.61 Å². The molecule has 0 bridgehead atoms. The Hall–Kier alpha value is -0.390. The molecule has 0 amide bonds. The topological polar surface area (TPSA) is 43.4 Å². The van der Waals surface area contributed by atoms with Gasteiger partial charge in [0.05, 0.1) is 6.61 Å². The van der Waals surface area contributed by atoms with Crippen molar-refractivity contribution < 1.29 is 13.2 Å². The zero-order chi connectivity index (χ0) is 13.1. The maximum Gasteiger partial charge on any atom is 0.265 e. The summed E-state index contributed by atoms with van der Waals surface area (Å²) < 4.78 is 28.1. The van der Waals surface area contributed by atoms with Gasteiger partial charge in [-0.1, -0.05) is 13.8 Å². The van der Waals surface area contributed by atoms with E-state index in [1.807, 2.05) is 19.9 Å². The third kappa shape index (κ3) is 4.41. The zero-order valence-electron chi connectivity index (χ0n) is 9.94. The van der Waals surface area contributed by atoms with E-state index >= 15 is 0 Å². The average molecular weight is 295 g/mol. The van der Waals surface area contributed by atoms with Crippen molar-refractivity contribution in [2.45, 2.75) is 35.8 Å². The van der Waals surface area contributed by atoms with E-state index in [0.29, 0.717) is 17.6 Å². The molecule has 0 saturated heterocycles. The van der Waals surface area contributed by atoms with Crippen LogP contribution in [0.3, 0.4) is 0 Å². The standard InChI is InChI=1S/C11H15ClO3S2/c1-4-15-10-6-5-9(16-8(2)3)7-11(10)17(12,13)14/h5-8H,4H2,1-3H3. The van der Waals surface area contributed by atoms with Crippen molar-refractivity contribution in [1.29, 1.82) is 0 Å². The van der Waals surface area contributed by atoms with Gasteiger partial charge in [-0.05, 0) is 25.1 Å². The van der Waals surface area contributed by atoms with Gasteiger partial charge in [-0.3, -0.25) is 0 Å². The van der Waals surface area contributed by atoms with Gasteiger partial charge in [0, 0.05) is 20.8 Å². The van der Waals surface area contributed by atoms with Gasteiger partial charge in [0.1, 0.15) is 10.6 Å². The van der Waals surface area contributed by atoms with Gasteiger partial charge in [0.15, 0.2) is 0 Å². The molecule has 0 heterocycles. The number of thioether (sulfide) groups is 1. The van der Waals surface area contributed by atoms with E-state index in [4.69, 9.17) is 15.4 Å². The second kappa shape index (κ2) is 5.98. The van der Waals surface area contributed by atoms with Crippen molar-refractivity contribution in [3.8, 4) is 5.75 Å². The number of halogens is 1. The summed E-state index contributed by atoms with van der Waals surface area (Å²) in [6, 6.07) is 5.03. The molecule has 0 N–H and O–H groups in total. The van der Waals surface area contributed by atoms with Crippen LogP contribution < -0.4 is 4.74 Å². The molecule has 0 unspecified atom stereocenters. The Bertz CT molecular complexity index is 483. The Morgan fingerprint density at radius 3 is 2.53 bits per heavy atom. The van der Waals surface area contributed by atoms with E-state index in [1.165, 1.54) is 0 Å². The van der Waals surface area contributed by atoms with Crippen LogP contribution in [0.25, 0.3) is 0 Å². The normalized spacial score (nSPS) is 11.8. The highest BCUT2D eigenvalue weighted by Crippen LogP contribution is 2.33. The van der Waals surface area contributed by atoms with E-state index in [1.54, 1.807) is 30.8 Å². The van der Waals surface area contributed by atoms with Gasteiger partial charge in [-0.2, -0.15) is 0 Å². The monoisotopic (exact) mass is 294 g/mol. The number of rotatable bonds is 5. The van der Waals surface area contributed by atoms with Gasteiger partial charge in [-0.25, -0.2) is 8.42 Å². The molecule has 1 aromatic rings. The van der Waals surface area contributed by atoms with Crippen molar-refractivity contribution in [3.05, 3.63) is 18.2 Å². The average Bonchev–Trinajstić information content (AvgIpc) is 2.18. The molecular weight excluding hydrogens is 280 g/mol. The molecule has 0 aliphatic heterocycles. The van der Waals surface area contributed by atoms with Crippen LogP contribution in [0.4, 0.5) is 0 Å². The van der Waals surface area contributed by atoms with Crippen LogP contribution in [0.15, 0.2) is 28.0 Å². The van der Waals surface area contributed by atoms with E-state index in [-0.39, 0.29) is 4.90 Å². The minimum atomic E-state index is -3.78. The first-order chi connectivity index (χ1) is 7.84. The Labute approximate surface area is 111 Å². The van der Waals surface area contributed by atoms with Crippen molar-refractivity contribution in [2.24, 2.45) is 0 Å². The Morgan fingerprint density at radius 1 is 1.41 bits per heavy atom. The second-order valence-electron chi connectivity index (χ2n) is 3.65. The molecular formula is C11H15ClO3S2. The molecule has 1 rings (SSSR count). The summed E-state index contributed by atoms with van der Waals surface area (Å²) in [5, 5.41) is 0.374. The van der Waals surface area contributed by atoms with E-state index in [9.17, 15) is 8.42 Å². The van der Waals surface area contributed by atoms with E-state index in [0.717, 1.165) is 4.90 Å². The van der Waals surface area contributed by atoms with Gasteiger partial charge in [-0.15, -0.1) is 11.8 Å². The highest BCUT2D eigenvalue weighted by Gasteiger charge is 2.18. The van der Waals surface area contributed by atoms with Crippen LogP contribution in [0, 0.1) is 0 Å². The SMILES string of the molecule is CCOc1ccc(SC(C)C)cc1S(=O)(=O)Cl. The van der Waals surface area contributed by atoms with Gasteiger partial charge in [0.2, 0.25) is 0 Å². The molecule has 3 nitrogen and oxygen atoms in total. The van der Waals surface area contributed by atoms with Crippen LogP contribution in [0.2, 0.25) is 0 Å². The summed E-state index contributed by atoms with van der Waals surface area (Å²) in [5.74, 6) is 0.301. The third-order valence-electron chi connectivity index (χ3n) is 1.85. The van der Waals surface area contributed by atoms with E-state index < -0.39 is 9.05 Å². The first-order valence-electron chi connectivity index (χ1n) is 5.22. The molecule has 0 saturated carbocycles. The molecule has 6 heteroatoms. The van der Waals surface area contributed by atoms with Crippen molar-refractivity contribution in [1.82, 2.24) is 0 Å². The highest BCUT2D eigenvalue weighted by molar-refractivity contribution is 8.13. The first kappa shape index (κ1) is 14.7. The smallest absolute Gasteiger partial charge is 0.265 e. The molecule has 17 heavy (non-hydrogen) atoms. The second-order valence-corrected chi connectivity index (χ2v) is 7.83. The Kier molecular flexibility index (Phi) is 5.16. The largest absolute Gasteiger partial charge is 0.492 e. The fraction of sp³-hybridized carbons (Fsp3) is 0.455. The van der Waals surface area contributed by atoms with Gasteiger partial charge < -0.3 is 4.74 Å². The number of benzene rings is 1. The summed E-state index contributed by atoms with van der Waals surface area (Å²) in [6.45, 7) is 6.27. The Balaban J connectivity index is 3.20. The lowest BCUT2D eigenvalue weighted by Crippen LogP contribution is -2.00. The molecule has 0 aliphatic rings. The minimum absolute atomic E-state index is 0.0340. The summed E-state index contributed by atoms with van der Waals surface area (Å²) in [5.41, 5.74) is 0.